The lowest BCUT2D eigenvalue weighted by atomic mass is 10.1. The molecule has 5 heteroatoms. The Morgan fingerprint density at radius 1 is 1.48 bits per heavy atom. The van der Waals surface area contributed by atoms with Crippen LogP contribution in [-0.4, -0.2) is 29.6 Å². The Morgan fingerprint density at radius 3 is 3.05 bits per heavy atom. The van der Waals surface area contributed by atoms with Gasteiger partial charge in [0, 0.05) is 12.0 Å². The molecule has 0 bridgehead atoms. The summed E-state index contributed by atoms with van der Waals surface area (Å²) >= 11 is 6.23. The summed E-state index contributed by atoms with van der Waals surface area (Å²) in [5, 5.41) is 4.33. The normalized spacial score (nSPS) is 19.6. The number of rotatable bonds is 3. The molecule has 1 fully saturated rings. The standard InChI is InChI=1S/C16H17ClN2O2/c1-10(15-7-4-8-21-15)18-16(20)14-9-12(17)11-5-2-3-6-13(11)19-14/h2-3,5-6,9-10,15H,4,7-8H2,1H3,(H,18,20). The van der Waals surface area contributed by atoms with Gasteiger partial charge < -0.3 is 10.1 Å². The first kappa shape index (κ1) is 14.3. The van der Waals surface area contributed by atoms with Crippen molar-refractivity contribution in [3.05, 3.63) is 41.0 Å². The van der Waals surface area contributed by atoms with Gasteiger partial charge in [-0.3, -0.25) is 4.79 Å². The van der Waals surface area contributed by atoms with Gasteiger partial charge in [-0.15, -0.1) is 0 Å². The van der Waals surface area contributed by atoms with Gasteiger partial charge in [0.15, 0.2) is 0 Å². The van der Waals surface area contributed by atoms with E-state index in [4.69, 9.17) is 16.3 Å². The summed E-state index contributed by atoms with van der Waals surface area (Å²) in [4.78, 5) is 16.7. The molecule has 1 aromatic heterocycles. The molecule has 1 aliphatic heterocycles. The smallest absolute Gasteiger partial charge is 0.270 e. The maximum atomic E-state index is 12.3. The number of hydrogen-bond acceptors (Lipinski definition) is 3. The Balaban J connectivity index is 1.81. The van der Waals surface area contributed by atoms with Crippen LogP contribution in [0.3, 0.4) is 0 Å². The largest absolute Gasteiger partial charge is 0.376 e. The minimum atomic E-state index is -0.217. The molecule has 4 nitrogen and oxygen atoms in total. The van der Waals surface area contributed by atoms with E-state index in [-0.39, 0.29) is 18.1 Å². The number of fused-ring (bicyclic) bond motifs is 1. The van der Waals surface area contributed by atoms with Gasteiger partial charge in [0.1, 0.15) is 5.69 Å². The van der Waals surface area contributed by atoms with E-state index in [2.05, 4.69) is 10.3 Å². The van der Waals surface area contributed by atoms with Crippen LogP contribution < -0.4 is 5.32 Å². The van der Waals surface area contributed by atoms with Crippen molar-refractivity contribution in [2.75, 3.05) is 6.61 Å². The molecule has 1 saturated heterocycles. The first-order valence-electron chi connectivity index (χ1n) is 7.13. The fourth-order valence-corrected chi connectivity index (χ4v) is 2.88. The lowest BCUT2D eigenvalue weighted by molar-refractivity contribution is 0.0709. The quantitative estimate of drug-likeness (QED) is 0.947. The van der Waals surface area contributed by atoms with Crippen molar-refractivity contribution in [2.24, 2.45) is 0 Å². The lowest BCUT2D eigenvalue weighted by Gasteiger charge is -2.19. The lowest BCUT2D eigenvalue weighted by Crippen LogP contribution is -2.41. The Labute approximate surface area is 128 Å². The van der Waals surface area contributed by atoms with Gasteiger partial charge >= 0.3 is 0 Å². The van der Waals surface area contributed by atoms with E-state index >= 15 is 0 Å². The topological polar surface area (TPSA) is 51.2 Å². The highest BCUT2D eigenvalue weighted by Crippen LogP contribution is 2.23. The van der Waals surface area contributed by atoms with Gasteiger partial charge in [-0.2, -0.15) is 0 Å². The number of nitrogens with zero attached hydrogens (tertiary/aromatic N) is 1. The minimum Gasteiger partial charge on any atom is -0.376 e. The predicted octanol–water partition coefficient (Wildman–Crippen LogP) is 3.19. The number of amides is 1. The number of hydrogen-bond donors (Lipinski definition) is 1. The molecule has 0 radical (unpaired) electrons. The van der Waals surface area contributed by atoms with E-state index in [1.165, 1.54) is 0 Å². The minimum absolute atomic E-state index is 0.0351. The second-order valence-electron chi connectivity index (χ2n) is 5.32. The summed E-state index contributed by atoms with van der Waals surface area (Å²) in [6.45, 7) is 2.72. The van der Waals surface area contributed by atoms with Crippen molar-refractivity contribution in [1.29, 1.82) is 0 Å². The van der Waals surface area contributed by atoms with Gasteiger partial charge in [0.05, 0.1) is 22.7 Å². The van der Waals surface area contributed by atoms with E-state index < -0.39 is 0 Å². The van der Waals surface area contributed by atoms with E-state index in [1.807, 2.05) is 31.2 Å². The highest BCUT2D eigenvalue weighted by atomic mass is 35.5. The second kappa shape index (κ2) is 6.00. The molecule has 2 atom stereocenters. The van der Waals surface area contributed by atoms with Crippen LogP contribution in [0.25, 0.3) is 10.9 Å². The van der Waals surface area contributed by atoms with Gasteiger partial charge in [-0.05, 0) is 31.9 Å². The molecule has 110 valence electrons. The molecule has 2 aromatic rings. The summed E-state index contributed by atoms with van der Waals surface area (Å²) in [5.74, 6) is -0.217. The van der Waals surface area contributed by atoms with Crippen molar-refractivity contribution >= 4 is 28.4 Å². The Bertz CT molecular complexity index is 668. The van der Waals surface area contributed by atoms with Crippen molar-refractivity contribution < 1.29 is 9.53 Å². The molecule has 1 amide bonds. The van der Waals surface area contributed by atoms with Crippen molar-refractivity contribution in [3.8, 4) is 0 Å². The van der Waals surface area contributed by atoms with Crippen LogP contribution in [0.4, 0.5) is 0 Å². The number of benzene rings is 1. The van der Waals surface area contributed by atoms with E-state index in [0.717, 1.165) is 30.4 Å². The fraction of sp³-hybridized carbons (Fsp3) is 0.375. The third-order valence-electron chi connectivity index (χ3n) is 3.78. The number of ether oxygens (including phenoxy) is 1. The number of nitrogens with one attached hydrogen (secondary N) is 1. The highest BCUT2D eigenvalue weighted by molar-refractivity contribution is 6.35. The van der Waals surface area contributed by atoms with Crippen LogP contribution >= 0.6 is 11.6 Å². The first-order valence-corrected chi connectivity index (χ1v) is 7.50. The van der Waals surface area contributed by atoms with Gasteiger partial charge in [-0.1, -0.05) is 29.8 Å². The zero-order valence-electron chi connectivity index (χ0n) is 11.8. The number of halogens is 1. The SMILES string of the molecule is CC(NC(=O)c1cc(Cl)c2ccccc2n1)C1CCCO1. The van der Waals surface area contributed by atoms with Crippen LogP contribution in [0.2, 0.25) is 5.02 Å². The van der Waals surface area contributed by atoms with E-state index in [9.17, 15) is 4.79 Å². The molecule has 3 rings (SSSR count). The van der Waals surface area contributed by atoms with Crippen molar-refractivity contribution in [1.82, 2.24) is 10.3 Å². The van der Waals surface area contributed by atoms with E-state index in [1.54, 1.807) is 6.07 Å². The molecule has 1 N–H and O–H groups in total. The van der Waals surface area contributed by atoms with Crippen LogP contribution in [0, 0.1) is 0 Å². The maximum Gasteiger partial charge on any atom is 0.270 e. The number of aromatic nitrogens is 1. The third-order valence-corrected chi connectivity index (χ3v) is 4.09. The zero-order chi connectivity index (χ0) is 14.8. The molecular formula is C16H17ClN2O2. The number of pyridine rings is 1. The van der Waals surface area contributed by atoms with Gasteiger partial charge in [0.25, 0.3) is 5.91 Å². The van der Waals surface area contributed by atoms with Crippen molar-refractivity contribution in [2.45, 2.75) is 31.9 Å². The molecule has 1 aliphatic rings. The van der Waals surface area contributed by atoms with Crippen LogP contribution in [-0.2, 0) is 4.74 Å². The molecule has 0 spiro atoms. The van der Waals surface area contributed by atoms with Gasteiger partial charge in [-0.25, -0.2) is 4.98 Å². The predicted molar refractivity (Wildman–Crippen MR) is 82.7 cm³/mol. The van der Waals surface area contributed by atoms with Crippen LogP contribution in [0.15, 0.2) is 30.3 Å². The molecule has 0 aliphatic carbocycles. The molecule has 21 heavy (non-hydrogen) atoms. The maximum absolute atomic E-state index is 12.3. The summed E-state index contributed by atoms with van der Waals surface area (Å²) in [5.41, 5.74) is 1.06. The summed E-state index contributed by atoms with van der Waals surface area (Å²) in [6, 6.07) is 9.09. The third kappa shape index (κ3) is 3.01. The highest BCUT2D eigenvalue weighted by Gasteiger charge is 2.24. The zero-order valence-corrected chi connectivity index (χ0v) is 12.6. The Kier molecular flexibility index (Phi) is 4.08. The summed E-state index contributed by atoms with van der Waals surface area (Å²) in [7, 11) is 0. The van der Waals surface area contributed by atoms with Crippen molar-refractivity contribution in [3.63, 3.8) is 0 Å². The number of carbonyl (C=O) groups excluding carboxylic acids is 1. The fourth-order valence-electron chi connectivity index (χ4n) is 2.62. The number of para-hydroxylation sites is 1. The molecular weight excluding hydrogens is 288 g/mol. The van der Waals surface area contributed by atoms with Gasteiger partial charge in [0.2, 0.25) is 0 Å². The molecule has 0 saturated carbocycles. The Hall–Kier alpha value is -1.65. The average Bonchev–Trinajstić information content (AvgIpc) is 3.01. The van der Waals surface area contributed by atoms with Crippen LogP contribution in [0.1, 0.15) is 30.3 Å². The Morgan fingerprint density at radius 2 is 2.29 bits per heavy atom. The molecule has 2 heterocycles. The van der Waals surface area contributed by atoms with E-state index in [0.29, 0.717) is 10.7 Å². The molecule has 2 unspecified atom stereocenters. The molecule has 1 aromatic carbocycles. The second-order valence-corrected chi connectivity index (χ2v) is 5.73. The number of carbonyl (C=O) groups is 1. The summed E-state index contributed by atoms with van der Waals surface area (Å²) in [6.07, 6.45) is 2.11. The summed E-state index contributed by atoms with van der Waals surface area (Å²) < 4.78 is 5.58. The average molecular weight is 305 g/mol. The first-order chi connectivity index (χ1) is 10.1. The monoisotopic (exact) mass is 304 g/mol. The van der Waals surface area contributed by atoms with Crippen LogP contribution in [0.5, 0.6) is 0 Å².